The summed E-state index contributed by atoms with van der Waals surface area (Å²) >= 11 is 6.54. The number of aliphatic imine (C=N–C) groups is 1. The number of H-pyrrole nitrogens is 2. The zero-order valence-corrected chi connectivity index (χ0v) is 21.6. The molecule has 3 aliphatic heterocycles. The molecule has 1 spiro atoms. The Morgan fingerprint density at radius 2 is 2.03 bits per heavy atom. The Labute approximate surface area is 227 Å². The zero-order valence-electron chi connectivity index (χ0n) is 20.8. The molecular weight excluding hydrogens is 517 g/mol. The van der Waals surface area contributed by atoms with E-state index in [0.29, 0.717) is 30.9 Å². The van der Waals surface area contributed by atoms with E-state index in [0.717, 1.165) is 52.2 Å². The minimum atomic E-state index is -0.674. The van der Waals surface area contributed by atoms with Crippen LogP contribution in [0.5, 0.6) is 0 Å². The predicted molar refractivity (Wildman–Crippen MR) is 146 cm³/mol. The summed E-state index contributed by atoms with van der Waals surface area (Å²) in [5.41, 5.74) is 5.14. The Balaban J connectivity index is 1.32. The normalized spacial score (nSPS) is 25.4. The SMILES string of the molecule is O=C1C=C(F)C2=C(Cl)C=NCC3=C(C2=C1)C(c1ncc(-c2ccc4[nH]ccc4c2)[nH]1)CN1C(=O)CC2(CC2)[C@@H]31. The lowest BCUT2D eigenvalue weighted by molar-refractivity contribution is -0.129. The number of halogens is 2. The molecule has 1 saturated carbocycles. The van der Waals surface area contributed by atoms with Crippen molar-refractivity contribution in [3.63, 3.8) is 0 Å². The Bertz CT molecular complexity index is 1780. The van der Waals surface area contributed by atoms with Gasteiger partial charge in [0.05, 0.1) is 35.4 Å². The van der Waals surface area contributed by atoms with E-state index in [1.165, 1.54) is 12.3 Å². The van der Waals surface area contributed by atoms with Crippen molar-refractivity contribution >= 4 is 40.4 Å². The maximum atomic E-state index is 15.3. The summed E-state index contributed by atoms with van der Waals surface area (Å²) in [6.07, 6.45) is 10.0. The maximum absolute atomic E-state index is 15.3. The highest BCUT2D eigenvalue weighted by Gasteiger charge is 2.62. The van der Waals surface area contributed by atoms with Crippen LogP contribution in [0.25, 0.3) is 22.2 Å². The van der Waals surface area contributed by atoms with Crippen LogP contribution in [0.2, 0.25) is 0 Å². The van der Waals surface area contributed by atoms with Crippen LogP contribution in [0.4, 0.5) is 4.39 Å². The first-order valence-electron chi connectivity index (χ1n) is 13.1. The lowest BCUT2D eigenvalue weighted by Crippen LogP contribution is -2.46. The van der Waals surface area contributed by atoms with Gasteiger partial charge in [-0.15, -0.1) is 0 Å². The first-order valence-corrected chi connectivity index (χ1v) is 13.5. The van der Waals surface area contributed by atoms with Crippen molar-refractivity contribution in [2.75, 3.05) is 13.1 Å². The molecule has 8 rings (SSSR count). The fourth-order valence-corrected chi connectivity index (χ4v) is 7.23. The number of imidazole rings is 1. The number of ketones is 1. The van der Waals surface area contributed by atoms with Gasteiger partial charge in [-0.25, -0.2) is 9.37 Å². The van der Waals surface area contributed by atoms with Crippen LogP contribution in [0.15, 0.2) is 87.0 Å². The van der Waals surface area contributed by atoms with E-state index in [9.17, 15) is 9.59 Å². The molecule has 1 amide bonds. The van der Waals surface area contributed by atoms with Crippen molar-refractivity contribution < 1.29 is 14.0 Å². The molecule has 0 radical (unpaired) electrons. The smallest absolute Gasteiger partial charge is 0.223 e. The van der Waals surface area contributed by atoms with Gasteiger partial charge < -0.3 is 14.9 Å². The highest BCUT2D eigenvalue weighted by molar-refractivity contribution is 6.40. The summed E-state index contributed by atoms with van der Waals surface area (Å²) in [4.78, 5) is 43.9. The number of carbonyl (C=O) groups excluding carboxylic acids is 2. The van der Waals surface area contributed by atoms with Crippen molar-refractivity contribution in [1.29, 1.82) is 0 Å². The van der Waals surface area contributed by atoms with Crippen LogP contribution in [0.3, 0.4) is 0 Å². The number of carbonyl (C=O) groups is 2. The molecule has 194 valence electrons. The molecule has 1 aromatic carbocycles. The minimum absolute atomic E-state index is 0.112. The topological polar surface area (TPSA) is 94.2 Å². The molecule has 9 heteroatoms. The van der Waals surface area contributed by atoms with E-state index in [-0.39, 0.29) is 28.0 Å². The molecule has 3 aromatic rings. The quantitative estimate of drug-likeness (QED) is 0.464. The minimum Gasteiger partial charge on any atom is -0.361 e. The van der Waals surface area contributed by atoms with Gasteiger partial charge in [-0.05, 0) is 53.8 Å². The number of aromatic amines is 2. The molecule has 0 bridgehead atoms. The lowest BCUT2D eigenvalue weighted by atomic mass is 9.74. The number of fused-ring (bicyclic) bond motifs is 6. The van der Waals surface area contributed by atoms with Gasteiger partial charge in [0.25, 0.3) is 0 Å². The van der Waals surface area contributed by atoms with Crippen LogP contribution in [0, 0.1) is 5.41 Å². The summed E-state index contributed by atoms with van der Waals surface area (Å²) in [5.74, 6) is -0.731. The highest BCUT2D eigenvalue weighted by Crippen LogP contribution is 2.62. The standard InChI is InChI=1S/C30H23ClFN5O2/c31-21-12-33-11-19-26(18-8-17(38)9-22(32)27(18)21)20(14-37-25(39)10-30(4-5-30)28(19)37)29-35-13-24(36-29)15-1-2-23-16(7-15)3-6-34-23/h1-3,6-9,12-13,20,28,34H,4-5,10-11,14H2,(H,35,36)/t20?,28-/m1/s1. The first kappa shape index (κ1) is 22.9. The predicted octanol–water partition coefficient (Wildman–Crippen LogP) is 5.27. The van der Waals surface area contributed by atoms with Crippen molar-refractivity contribution in [3.05, 3.63) is 87.8 Å². The fraction of sp³-hybridized carbons (Fsp3) is 0.267. The second-order valence-corrected chi connectivity index (χ2v) is 11.5. The molecule has 2 aliphatic carbocycles. The molecule has 39 heavy (non-hydrogen) atoms. The Morgan fingerprint density at radius 1 is 1.15 bits per heavy atom. The van der Waals surface area contributed by atoms with E-state index in [4.69, 9.17) is 16.6 Å². The number of hydrogen-bond donors (Lipinski definition) is 2. The van der Waals surface area contributed by atoms with Gasteiger partial charge in [0.15, 0.2) is 5.78 Å². The zero-order chi connectivity index (χ0) is 26.5. The van der Waals surface area contributed by atoms with E-state index in [1.54, 1.807) is 6.20 Å². The molecular formula is C30H23ClFN5O2. The Kier molecular flexibility index (Phi) is 4.69. The number of amides is 1. The van der Waals surface area contributed by atoms with E-state index in [1.807, 2.05) is 29.3 Å². The van der Waals surface area contributed by atoms with Gasteiger partial charge >= 0.3 is 0 Å². The second-order valence-electron chi connectivity index (χ2n) is 11.1. The molecule has 2 fully saturated rings. The molecule has 1 saturated heterocycles. The number of nitrogens with one attached hydrogen (secondary N) is 2. The third kappa shape index (κ3) is 3.34. The van der Waals surface area contributed by atoms with Gasteiger partial charge in [0.1, 0.15) is 11.7 Å². The highest BCUT2D eigenvalue weighted by atomic mass is 35.5. The van der Waals surface area contributed by atoms with Crippen LogP contribution in [0.1, 0.15) is 31.0 Å². The van der Waals surface area contributed by atoms with Crippen LogP contribution in [-0.4, -0.2) is 56.9 Å². The number of benzene rings is 1. The van der Waals surface area contributed by atoms with Gasteiger partial charge in [-0.1, -0.05) is 17.7 Å². The van der Waals surface area contributed by atoms with Crippen molar-refractivity contribution in [3.8, 4) is 11.3 Å². The van der Waals surface area contributed by atoms with Crippen molar-refractivity contribution in [2.24, 2.45) is 10.4 Å². The molecule has 5 heterocycles. The average molecular weight is 540 g/mol. The number of hydrogen-bond acceptors (Lipinski definition) is 4. The van der Waals surface area contributed by atoms with Crippen LogP contribution in [-0.2, 0) is 9.59 Å². The number of allylic oxidation sites excluding steroid dienone is 6. The molecule has 1 unspecified atom stereocenters. The molecule has 5 aliphatic rings. The second kappa shape index (κ2) is 7.99. The number of aromatic nitrogens is 3. The maximum Gasteiger partial charge on any atom is 0.223 e. The Morgan fingerprint density at radius 3 is 2.87 bits per heavy atom. The molecule has 7 nitrogen and oxygen atoms in total. The van der Waals surface area contributed by atoms with Gasteiger partial charge in [0.2, 0.25) is 5.91 Å². The van der Waals surface area contributed by atoms with E-state index in [2.05, 4.69) is 21.0 Å². The molecule has 2 aromatic heterocycles. The summed E-state index contributed by atoms with van der Waals surface area (Å²) in [6.45, 7) is 0.708. The summed E-state index contributed by atoms with van der Waals surface area (Å²) in [6, 6.07) is 8.02. The first-order chi connectivity index (χ1) is 18.9. The average Bonchev–Trinajstić information content (AvgIpc) is 3.24. The molecule has 2 N–H and O–H groups in total. The summed E-state index contributed by atoms with van der Waals surface area (Å²) in [5, 5.41) is 1.24. The van der Waals surface area contributed by atoms with Crippen LogP contribution >= 0.6 is 11.6 Å². The van der Waals surface area contributed by atoms with E-state index < -0.39 is 17.5 Å². The van der Waals surface area contributed by atoms with Crippen molar-refractivity contribution in [1.82, 2.24) is 19.9 Å². The number of nitrogens with zero attached hydrogens (tertiary/aromatic N) is 3. The lowest BCUT2D eigenvalue weighted by Gasteiger charge is -2.42. The van der Waals surface area contributed by atoms with Gasteiger partial charge in [0, 0.05) is 58.9 Å². The number of rotatable bonds is 2. The van der Waals surface area contributed by atoms with Crippen LogP contribution < -0.4 is 0 Å². The summed E-state index contributed by atoms with van der Waals surface area (Å²) < 4.78 is 15.3. The fourth-order valence-electron chi connectivity index (χ4n) is 6.97. The van der Waals surface area contributed by atoms with Crippen molar-refractivity contribution in [2.45, 2.75) is 31.2 Å². The van der Waals surface area contributed by atoms with Gasteiger partial charge in [-0.2, -0.15) is 0 Å². The largest absolute Gasteiger partial charge is 0.361 e. The van der Waals surface area contributed by atoms with E-state index >= 15 is 4.39 Å². The third-order valence-electron chi connectivity index (χ3n) is 8.86. The third-order valence-corrected chi connectivity index (χ3v) is 9.15. The van der Waals surface area contributed by atoms with Gasteiger partial charge in [-0.3, -0.25) is 14.6 Å². The monoisotopic (exact) mass is 539 g/mol. The summed E-state index contributed by atoms with van der Waals surface area (Å²) in [7, 11) is 0. The Hall–Kier alpha value is -4.04. The molecule has 2 atom stereocenters.